The number of rotatable bonds is 3. The molecule has 1 aromatic rings. The maximum absolute atomic E-state index is 12.3. The number of pyridine rings is 1. The summed E-state index contributed by atoms with van der Waals surface area (Å²) >= 11 is 0. The SMILES string of the molecule is CN(Cc1cccnc1)C(=O)N1C[C@H](O)C[C@H]1C(=O)O. The summed E-state index contributed by atoms with van der Waals surface area (Å²) in [5, 5.41) is 18.6. The zero-order valence-corrected chi connectivity index (χ0v) is 11.1. The van der Waals surface area contributed by atoms with E-state index in [0.717, 1.165) is 5.56 Å². The number of nitrogens with zero attached hydrogens (tertiary/aromatic N) is 3. The molecule has 1 fully saturated rings. The van der Waals surface area contributed by atoms with Crippen molar-refractivity contribution in [1.82, 2.24) is 14.8 Å². The van der Waals surface area contributed by atoms with Crippen molar-refractivity contribution < 1.29 is 19.8 Å². The number of carboxylic acid groups (broad SMARTS) is 1. The normalized spacial score (nSPS) is 21.8. The van der Waals surface area contributed by atoms with E-state index in [9.17, 15) is 14.7 Å². The Morgan fingerprint density at radius 3 is 2.90 bits per heavy atom. The number of carbonyl (C=O) groups is 2. The van der Waals surface area contributed by atoms with Crippen LogP contribution in [0.15, 0.2) is 24.5 Å². The number of urea groups is 1. The lowest BCUT2D eigenvalue weighted by atomic mass is 10.2. The molecule has 1 aliphatic rings. The average molecular weight is 279 g/mol. The molecule has 0 aromatic carbocycles. The van der Waals surface area contributed by atoms with Gasteiger partial charge in [-0.3, -0.25) is 4.98 Å². The van der Waals surface area contributed by atoms with Crippen LogP contribution in [0.2, 0.25) is 0 Å². The number of carbonyl (C=O) groups excluding carboxylic acids is 1. The quantitative estimate of drug-likeness (QED) is 0.821. The number of amides is 2. The predicted molar refractivity (Wildman–Crippen MR) is 69.9 cm³/mol. The highest BCUT2D eigenvalue weighted by atomic mass is 16.4. The average Bonchev–Trinajstić information content (AvgIpc) is 2.81. The molecule has 0 radical (unpaired) electrons. The van der Waals surface area contributed by atoms with Crippen LogP contribution in [-0.2, 0) is 11.3 Å². The van der Waals surface area contributed by atoms with Crippen LogP contribution in [0.1, 0.15) is 12.0 Å². The van der Waals surface area contributed by atoms with Gasteiger partial charge in [-0.25, -0.2) is 9.59 Å². The minimum absolute atomic E-state index is 0.0488. The van der Waals surface area contributed by atoms with Gasteiger partial charge in [0.1, 0.15) is 6.04 Å². The van der Waals surface area contributed by atoms with Crippen molar-refractivity contribution in [1.29, 1.82) is 0 Å². The summed E-state index contributed by atoms with van der Waals surface area (Å²) in [6.07, 6.45) is 2.58. The Balaban J connectivity index is 2.04. The molecular weight excluding hydrogens is 262 g/mol. The standard InChI is InChI=1S/C13H17N3O4/c1-15(7-9-3-2-4-14-6-9)13(20)16-8-10(17)5-11(16)12(18)19/h2-4,6,10-11,17H,5,7-8H2,1H3,(H,18,19)/t10-,11+/m1/s1. The first kappa shape index (κ1) is 14.3. The van der Waals surface area contributed by atoms with E-state index < -0.39 is 24.1 Å². The highest BCUT2D eigenvalue weighted by molar-refractivity contribution is 5.83. The van der Waals surface area contributed by atoms with Crippen molar-refractivity contribution in [3.8, 4) is 0 Å². The van der Waals surface area contributed by atoms with Crippen LogP contribution in [0.4, 0.5) is 4.79 Å². The van der Waals surface area contributed by atoms with Crippen LogP contribution in [0.5, 0.6) is 0 Å². The molecule has 20 heavy (non-hydrogen) atoms. The highest BCUT2D eigenvalue weighted by Crippen LogP contribution is 2.20. The summed E-state index contributed by atoms with van der Waals surface area (Å²) in [5.74, 6) is -1.09. The number of hydrogen-bond donors (Lipinski definition) is 2. The summed E-state index contributed by atoms with van der Waals surface area (Å²) in [6.45, 7) is 0.388. The summed E-state index contributed by atoms with van der Waals surface area (Å²) in [6, 6.07) is 2.24. The predicted octanol–water partition coefficient (Wildman–Crippen LogP) is 0.153. The largest absolute Gasteiger partial charge is 0.480 e. The Hall–Kier alpha value is -2.15. The molecule has 0 unspecified atom stereocenters. The molecule has 2 amide bonds. The molecule has 7 nitrogen and oxygen atoms in total. The lowest BCUT2D eigenvalue weighted by molar-refractivity contribution is -0.141. The number of aliphatic carboxylic acids is 1. The van der Waals surface area contributed by atoms with Gasteiger partial charge in [0.05, 0.1) is 6.10 Å². The van der Waals surface area contributed by atoms with E-state index in [4.69, 9.17) is 5.11 Å². The molecule has 1 aromatic heterocycles. The van der Waals surface area contributed by atoms with Crippen molar-refractivity contribution in [3.63, 3.8) is 0 Å². The monoisotopic (exact) mass is 279 g/mol. The lowest BCUT2D eigenvalue weighted by Crippen LogP contribution is -2.46. The van der Waals surface area contributed by atoms with E-state index >= 15 is 0 Å². The Labute approximate surface area is 116 Å². The molecule has 1 saturated heterocycles. The molecule has 2 rings (SSSR count). The van der Waals surface area contributed by atoms with Crippen LogP contribution in [0.3, 0.4) is 0 Å². The third-order valence-electron chi connectivity index (χ3n) is 3.28. The summed E-state index contributed by atoms with van der Waals surface area (Å²) < 4.78 is 0. The molecule has 0 bridgehead atoms. The van der Waals surface area contributed by atoms with E-state index in [-0.39, 0.29) is 13.0 Å². The third kappa shape index (κ3) is 3.05. The molecule has 1 aliphatic heterocycles. The zero-order valence-electron chi connectivity index (χ0n) is 11.1. The third-order valence-corrected chi connectivity index (χ3v) is 3.28. The number of β-amino-alcohol motifs (C(OH)–C–C–N with tert-alkyl or cyclic N) is 1. The molecule has 2 N–H and O–H groups in total. The number of aliphatic hydroxyl groups is 1. The first-order chi connectivity index (χ1) is 9.49. The Morgan fingerprint density at radius 1 is 1.55 bits per heavy atom. The van der Waals surface area contributed by atoms with Gasteiger partial charge >= 0.3 is 12.0 Å². The maximum Gasteiger partial charge on any atom is 0.326 e. The van der Waals surface area contributed by atoms with E-state index in [1.165, 1.54) is 9.80 Å². The molecule has 2 heterocycles. The second kappa shape index (κ2) is 5.87. The molecule has 108 valence electrons. The zero-order chi connectivity index (χ0) is 14.7. The van der Waals surface area contributed by atoms with Gasteiger partial charge < -0.3 is 20.0 Å². The molecule has 7 heteroatoms. The van der Waals surface area contributed by atoms with Crippen molar-refractivity contribution >= 4 is 12.0 Å². The van der Waals surface area contributed by atoms with Gasteiger partial charge in [-0.15, -0.1) is 0 Å². The molecular formula is C13H17N3O4. The van der Waals surface area contributed by atoms with Crippen LogP contribution >= 0.6 is 0 Å². The first-order valence-corrected chi connectivity index (χ1v) is 6.30. The Bertz CT molecular complexity index is 494. The maximum atomic E-state index is 12.3. The molecule has 0 spiro atoms. The topological polar surface area (TPSA) is 94.0 Å². The van der Waals surface area contributed by atoms with Gasteiger partial charge in [-0.05, 0) is 11.6 Å². The number of aromatic nitrogens is 1. The smallest absolute Gasteiger partial charge is 0.326 e. The van der Waals surface area contributed by atoms with Gasteiger partial charge in [-0.2, -0.15) is 0 Å². The van der Waals surface area contributed by atoms with Crippen molar-refractivity contribution in [2.75, 3.05) is 13.6 Å². The van der Waals surface area contributed by atoms with Crippen LogP contribution in [0, 0.1) is 0 Å². The fourth-order valence-electron chi connectivity index (χ4n) is 2.31. The van der Waals surface area contributed by atoms with Gasteiger partial charge in [0.25, 0.3) is 0 Å². The summed E-state index contributed by atoms with van der Waals surface area (Å²) in [4.78, 5) is 30.0. The first-order valence-electron chi connectivity index (χ1n) is 6.30. The number of hydrogen-bond acceptors (Lipinski definition) is 4. The summed E-state index contributed by atoms with van der Waals surface area (Å²) in [5.41, 5.74) is 0.856. The van der Waals surface area contributed by atoms with E-state index in [2.05, 4.69) is 4.98 Å². The van der Waals surface area contributed by atoms with Crippen LogP contribution < -0.4 is 0 Å². The molecule has 0 saturated carbocycles. The second-order valence-electron chi connectivity index (χ2n) is 4.90. The number of carboxylic acids is 1. The Kier molecular flexibility index (Phi) is 4.19. The van der Waals surface area contributed by atoms with Crippen LogP contribution in [-0.4, -0.2) is 62.7 Å². The molecule has 0 aliphatic carbocycles. The number of aliphatic hydroxyl groups excluding tert-OH is 1. The Morgan fingerprint density at radius 2 is 2.30 bits per heavy atom. The summed E-state index contributed by atoms with van der Waals surface area (Å²) in [7, 11) is 1.60. The van der Waals surface area contributed by atoms with Gasteiger partial charge in [0.2, 0.25) is 0 Å². The van der Waals surface area contributed by atoms with E-state index in [0.29, 0.717) is 6.54 Å². The number of likely N-dealkylation sites (tertiary alicyclic amines) is 1. The fraction of sp³-hybridized carbons (Fsp3) is 0.462. The van der Waals surface area contributed by atoms with E-state index in [1.54, 1.807) is 25.5 Å². The second-order valence-corrected chi connectivity index (χ2v) is 4.90. The van der Waals surface area contributed by atoms with Crippen molar-refractivity contribution in [2.24, 2.45) is 0 Å². The van der Waals surface area contributed by atoms with Crippen LogP contribution in [0.25, 0.3) is 0 Å². The van der Waals surface area contributed by atoms with Crippen molar-refractivity contribution in [2.45, 2.75) is 25.1 Å². The van der Waals surface area contributed by atoms with E-state index in [1.807, 2.05) is 6.07 Å². The van der Waals surface area contributed by atoms with Gasteiger partial charge in [0.15, 0.2) is 0 Å². The van der Waals surface area contributed by atoms with Gasteiger partial charge in [-0.1, -0.05) is 6.07 Å². The van der Waals surface area contributed by atoms with Crippen molar-refractivity contribution in [3.05, 3.63) is 30.1 Å². The minimum Gasteiger partial charge on any atom is -0.480 e. The minimum atomic E-state index is -1.09. The lowest BCUT2D eigenvalue weighted by Gasteiger charge is -2.27. The fourth-order valence-corrected chi connectivity index (χ4v) is 2.31. The molecule has 2 atom stereocenters. The van der Waals surface area contributed by atoms with Gasteiger partial charge in [0, 0.05) is 39.0 Å². The highest BCUT2D eigenvalue weighted by Gasteiger charge is 2.39.